The van der Waals surface area contributed by atoms with Gasteiger partial charge in [-0.25, -0.2) is 9.78 Å². The first kappa shape index (κ1) is 10.6. The average molecular weight is 226 g/mol. The molecular formula is C8H10N4O4. The largest absolute Gasteiger partial charge is 0.394 e. The molecule has 0 aliphatic heterocycles. The Hall–Kier alpha value is -1.93. The quantitative estimate of drug-likeness (QED) is 0.471. The lowest BCUT2D eigenvalue weighted by Gasteiger charge is -2.07. The van der Waals surface area contributed by atoms with Gasteiger partial charge in [0.05, 0.1) is 25.6 Å². The lowest BCUT2D eigenvalue weighted by atomic mass is 10.3. The summed E-state index contributed by atoms with van der Waals surface area (Å²) in [7, 11) is 0. The fourth-order valence-corrected chi connectivity index (χ4v) is 1.44. The summed E-state index contributed by atoms with van der Waals surface area (Å²) in [5, 5.41) is 17.9. The van der Waals surface area contributed by atoms with Crippen molar-refractivity contribution in [2.75, 3.05) is 6.61 Å². The maximum Gasteiger partial charge on any atom is 0.327 e. The number of hydrogen-bond donors (Lipinski definition) is 4. The fourth-order valence-electron chi connectivity index (χ4n) is 1.44. The lowest BCUT2D eigenvalue weighted by Crippen LogP contribution is -2.25. The van der Waals surface area contributed by atoms with Crippen molar-refractivity contribution in [3.63, 3.8) is 0 Å². The van der Waals surface area contributed by atoms with Crippen LogP contribution in [0.15, 0.2) is 15.9 Å². The average Bonchev–Trinajstić information content (AvgIpc) is 2.61. The molecule has 2 rings (SSSR count). The van der Waals surface area contributed by atoms with Crippen molar-refractivity contribution in [1.82, 2.24) is 19.5 Å². The number of aromatic nitrogens is 4. The van der Waals surface area contributed by atoms with Crippen molar-refractivity contribution >= 4 is 11.2 Å². The van der Waals surface area contributed by atoms with Crippen LogP contribution in [0, 0.1) is 0 Å². The van der Waals surface area contributed by atoms with E-state index in [1.54, 1.807) is 0 Å². The molecule has 16 heavy (non-hydrogen) atoms. The van der Waals surface area contributed by atoms with Gasteiger partial charge in [0.2, 0.25) is 0 Å². The van der Waals surface area contributed by atoms with E-state index in [1.807, 2.05) is 0 Å². The molecule has 0 bridgehead atoms. The van der Waals surface area contributed by atoms with Crippen molar-refractivity contribution < 1.29 is 10.2 Å². The molecule has 8 nitrogen and oxygen atoms in total. The maximum atomic E-state index is 11.5. The number of aromatic amines is 2. The van der Waals surface area contributed by atoms with Gasteiger partial charge < -0.3 is 14.8 Å². The summed E-state index contributed by atoms with van der Waals surface area (Å²) in [6, 6.07) is 0. The Morgan fingerprint density at radius 3 is 2.88 bits per heavy atom. The van der Waals surface area contributed by atoms with E-state index in [2.05, 4.69) is 15.0 Å². The van der Waals surface area contributed by atoms with Gasteiger partial charge in [0.25, 0.3) is 5.56 Å². The Bertz CT molecular complexity index is 610. The molecule has 2 aromatic rings. The zero-order chi connectivity index (χ0) is 11.7. The molecule has 86 valence electrons. The van der Waals surface area contributed by atoms with E-state index in [0.29, 0.717) is 0 Å². The Morgan fingerprint density at radius 1 is 1.44 bits per heavy atom. The van der Waals surface area contributed by atoms with Gasteiger partial charge in [-0.15, -0.1) is 0 Å². The van der Waals surface area contributed by atoms with Crippen LogP contribution in [-0.4, -0.2) is 42.4 Å². The van der Waals surface area contributed by atoms with E-state index >= 15 is 0 Å². The molecular weight excluding hydrogens is 216 g/mol. The van der Waals surface area contributed by atoms with Gasteiger partial charge >= 0.3 is 5.69 Å². The van der Waals surface area contributed by atoms with Gasteiger partial charge in [0.1, 0.15) is 0 Å². The number of imidazole rings is 1. The van der Waals surface area contributed by atoms with Crippen molar-refractivity contribution in [3.8, 4) is 0 Å². The van der Waals surface area contributed by atoms with Crippen LogP contribution in [0.4, 0.5) is 0 Å². The summed E-state index contributed by atoms with van der Waals surface area (Å²) in [4.78, 5) is 30.6. The summed E-state index contributed by atoms with van der Waals surface area (Å²) < 4.78 is 1.37. The Balaban J connectivity index is 2.56. The summed E-state index contributed by atoms with van der Waals surface area (Å²) in [6.45, 7) is -0.386. The van der Waals surface area contributed by atoms with E-state index in [9.17, 15) is 14.7 Å². The minimum Gasteiger partial charge on any atom is -0.394 e. The molecule has 0 saturated carbocycles. The van der Waals surface area contributed by atoms with Gasteiger partial charge in [-0.05, 0) is 0 Å². The first-order chi connectivity index (χ1) is 7.61. The highest BCUT2D eigenvalue weighted by Gasteiger charge is 2.11. The molecule has 0 aromatic carbocycles. The van der Waals surface area contributed by atoms with Crippen LogP contribution in [0.5, 0.6) is 0 Å². The highest BCUT2D eigenvalue weighted by Crippen LogP contribution is 2.03. The van der Waals surface area contributed by atoms with Crippen LogP contribution in [0.25, 0.3) is 11.2 Å². The van der Waals surface area contributed by atoms with Crippen LogP contribution in [-0.2, 0) is 6.54 Å². The molecule has 0 unspecified atom stereocenters. The molecule has 0 saturated heterocycles. The fraction of sp³-hybridized carbons (Fsp3) is 0.375. The summed E-state index contributed by atoms with van der Waals surface area (Å²) in [5.74, 6) is 0. The zero-order valence-corrected chi connectivity index (χ0v) is 8.17. The Morgan fingerprint density at radius 2 is 2.19 bits per heavy atom. The van der Waals surface area contributed by atoms with Gasteiger partial charge in [-0.3, -0.25) is 14.8 Å². The first-order valence-corrected chi connectivity index (χ1v) is 4.58. The predicted octanol–water partition coefficient (Wildman–Crippen LogP) is -2.23. The molecule has 0 fully saturated rings. The number of rotatable bonds is 3. The second kappa shape index (κ2) is 3.91. The van der Waals surface area contributed by atoms with Crippen LogP contribution >= 0.6 is 0 Å². The van der Waals surface area contributed by atoms with Crippen LogP contribution < -0.4 is 11.2 Å². The number of H-pyrrole nitrogens is 2. The van der Waals surface area contributed by atoms with E-state index in [1.165, 1.54) is 10.9 Å². The van der Waals surface area contributed by atoms with Gasteiger partial charge in [-0.1, -0.05) is 0 Å². The third kappa shape index (κ3) is 1.75. The summed E-state index contributed by atoms with van der Waals surface area (Å²) >= 11 is 0. The van der Waals surface area contributed by atoms with Crippen LogP contribution in [0.2, 0.25) is 0 Å². The molecule has 8 heteroatoms. The molecule has 0 spiro atoms. The van der Waals surface area contributed by atoms with Crippen molar-refractivity contribution in [1.29, 1.82) is 0 Å². The smallest absolute Gasteiger partial charge is 0.327 e. The minimum atomic E-state index is -0.983. The SMILES string of the molecule is O=c1[nH]c(=O)c2c(ncn2C[C@@H](O)CO)[nH]1. The highest BCUT2D eigenvalue weighted by atomic mass is 16.3. The number of aliphatic hydroxyl groups is 2. The number of nitrogens with one attached hydrogen (secondary N) is 2. The maximum absolute atomic E-state index is 11.5. The number of aliphatic hydroxyl groups excluding tert-OH is 2. The second-order valence-corrected chi connectivity index (χ2v) is 3.34. The number of nitrogens with zero attached hydrogens (tertiary/aromatic N) is 2. The van der Waals surface area contributed by atoms with E-state index in [4.69, 9.17) is 5.11 Å². The van der Waals surface area contributed by atoms with Gasteiger partial charge in [0.15, 0.2) is 11.2 Å². The van der Waals surface area contributed by atoms with E-state index < -0.39 is 24.0 Å². The minimum absolute atomic E-state index is 0.0299. The van der Waals surface area contributed by atoms with E-state index in [-0.39, 0.29) is 17.7 Å². The third-order valence-electron chi connectivity index (χ3n) is 2.13. The van der Waals surface area contributed by atoms with Crippen molar-refractivity contribution in [2.24, 2.45) is 0 Å². The summed E-state index contributed by atoms with van der Waals surface area (Å²) in [5.41, 5.74) is -0.905. The standard InChI is InChI=1S/C8H10N4O4/c13-2-4(14)1-12-3-9-6-5(12)7(15)11-8(16)10-6/h3-4,13-14H,1-2H2,(H2,10,11,15,16)/t4-/m1/s1. The van der Waals surface area contributed by atoms with Crippen LogP contribution in [0.3, 0.4) is 0 Å². The van der Waals surface area contributed by atoms with Gasteiger partial charge in [0, 0.05) is 0 Å². The number of hydrogen-bond acceptors (Lipinski definition) is 5. The molecule has 0 amide bonds. The molecule has 0 aliphatic carbocycles. The lowest BCUT2D eigenvalue weighted by molar-refractivity contribution is 0.0820. The Kier molecular flexibility index (Phi) is 2.59. The normalized spacial score (nSPS) is 13.1. The third-order valence-corrected chi connectivity index (χ3v) is 2.13. The second-order valence-electron chi connectivity index (χ2n) is 3.34. The van der Waals surface area contributed by atoms with Crippen molar-refractivity contribution in [3.05, 3.63) is 27.2 Å². The van der Waals surface area contributed by atoms with Gasteiger partial charge in [-0.2, -0.15) is 0 Å². The molecule has 0 radical (unpaired) electrons. The number of fused-ring (bicyclic) bond motifs is 1. The topological polar surface area (TPSA) is 124 Å². The monoisotopic (exact) mass is 226 g/mol. The zero-order valence-electron chi connectivity index (χ0n) is 8.17. The van der Waals surface area contributed by atoms with E-state index in [0.717, 1.165) is 0 Å². The molecule has 4 N–H and O–H groups in total. The first-order valence-electron chi connectivity index (χ1n) is 4.58. The Labute approximate surface area is 88.2 Å². The highest BCUT2D eigenvalue weighted by molar-refractivity contribution is 5.68. The van der Waals surface area contributed by atoms with Crippen molar-refractivity contribution in [2.45, 2.75) is 12.6 Å². The molecule has 0 aliphatic rings. The van der Waals surface area contributed by atoms with Crippen LogP contribution in [0.1, 0.15) is 0 Å². The molecule has 2 heterocycles. The molecule has 1 atom stereocenters. The summed E-state index contributed by atoms with van der Waals surface area (Å²) in [6.07, 6.45) is 0.332. The molecule has 2 aromatic heterocycles. The predicted molar refractivity (Wildman–Crippen MR) is 54.1 cm³/mol.